The number of nitrogens with one attached hydrogen (secondary N) is 2. The summed E-state index contributed by atoms with van der Waals surface area (Å²) in [5.74, 6) is -0.482. The molecule has 2 aromatic carbocycles. The van der Waals surface area contributed by atoms with Gasteiger partial charge < -0.3 is 48.4 Å². The summed E-state index contributed by atoms with van der Waals surface area (Å²) in [7, 11) is -1.49. The van der Waals surface area contributed by atoms with Gasteiger partial charge in [-0.2, -0.15) is 0 Å². The maximum absolute atomic E-state index is 14.0. The Morgan fingerprint density at radius 2 is 0.862 bits per heavy atom. The minimum atomic E-state index is -0.537. The minimum absolute atomic E-state index is 0.210. The summed E-state index contributed by atoms with van der Waals surface area (Å²) < 4.78 is 63.8. The molecule has 0 spiro atoms. The molecule has 0 unspecified atom stereocenters. The van der Waals surface area contributed by atoms with Crippen LogP contribution in [0.3, 0.4) is 0 Å². The van der Waals surface area contributed by atoms with Gasteiger partial charge >= 0.3 is 21.1 Å². The average molecular weight is 875 g/mol. The van der Waals surface area contributed by atoms with E-state index in [9.17, 15) is 8.78 Å². The molecule has 0 amide bonds. The van der Waals surface area contributed by atoms with Gasteiger partial charge in [0.25, 0.3) is 0 Å². The molecule has 0 atom stereocenters. The highest BCUT2D eigenvalue weighted by molar-refractivity contribution is 9.10. The Hall–Kier alpha value is -1.75. The maximum atomic E-state index is 14.0. The van der Waals surface area contributed by atoms with Crippen molar-refractivity contribution in [2.24, 2.45) is 0 Å². The molecule has 0 saturated carbocycles. The Bertz CT molecular complexity index is 1580. The normalized spacial score (nSPS) is 24.0. The Balaban J connectivity index is 0.000000170. The van der Waals surface area contributed by atoms with Gasteiger partial charge in [0.05, 0.1) is 33.6 Å². The molecule has 2 N–H and O–H groups in total. The van der Waals surface area contributed by atoms with Crippen LogP contribution in [-0.4, -0.2) is 117 Å². The van der Waals surface area contributed by atoms with Crippen LogP contribution in [0.5, 0.6) is 0 Å². The lowest BCUT2D eigenvalue weighted by Gasteiger charge is -2.32. The Labute approximate surface area is 357 Å². The van der Waals surface area contributed by atoms with Crippen LogP contribution in [0.4, 0.5) is 20.2 Å². The molecule has 0 radical (unpaired) electrons. The zero-order valence-electron chi connectivity index (χ0n) is 37.2. The van der Waals surface area contributed by atoms with E-state index in [1.165, 1.54) is 76.1 Å². The van der Waals surface area contributed by atoms with Gasteiger partial charge in [-0.05, 0) is 177 Å². The molecule has 5 aliphatic rings. The number of anilines is 2. The number of halogens is 3. The third-order valence-corrected chi connectivity index (χ3v) is 13.4. The summed E-state index contributed by atoms with van der Waals surface area (Å²) in [5, 5.41) is 6.57. The SMILES string of the molecule is CC1(C)OB(B2OC(C)(C)C(C)(C)O2)OC1(C)C.CC1(C)OB(c2cc(F)cc(NCCN3CCCC3)c2)OC1(C)C.Fc1cc(Br)cc(NCCN2CCCC2)c1. The highest BCUT2D eigenvalue weighted by atomic mass is 79.9. The number of hydrogen-bond donors (Lipinski definition) is 2. The van der Waals surface area contributed by atoms with Crippen molar-refractivity contribution in [2.75, 3.05) is 63.0 Å². The quantitative estimate of drug-likeness (QED) is 0.230. The smallest absolute Gasteiger partial charge is 0.405 e. The fourth-order valence-electron chi connectivity index (χ4n) is 7.21. The van der Waals surface area contributed by atoms with Gasteiger partial charge in [-0.15, -0.1) is 0 Å². The third-order valence-electron chi connectivity index (χ3n) is 13.0. The van der Waals surface area contributed by atoms with Gasteiger partial charge in [-0.3, -0.25) is 0 Å². The number of nitrogens with zero attached hydrogens (tertiary/aromatic N) is 2. The first-order chi connectivity index (χ1) is 26.9. The van der Waals surface area contributed by atoms with Gasteiger partial charge in [0, 0.05) is 42.0 Å². The van der Waals surface area contributed by atoms with Crippen LogP contribution >= 0.6 is 15.9 Å². The largest absolute Gasteiger partial charge is 0.495 e. The second-order valence-corrected chi connectivity index (χ2v) is 20.1. The summed E-state index contributed by atoms with van der Waals surface area (Å²) in [6.07, 6.45) is 5.19. The van der Waals surface area contributed by atoms with Crippen molar-refractivity contribution in [1.29, 1.82) is 0 Å². The van der Waals surface area contributed by atoms with Gasteiger partial charge in [-0.1, -0.05) is 15.9 Å². The van der Waals surface area contributed by atoms with Crippen molar-refractivity contribution < 1.29 is 36.7 Å². The molecule has 0 aromatic heterocycles. The maximum Gasteiger partial charge on any atom is 0.495 e. The van der Waals surface area contributed by atoms with Crippen LogP contribution < -0.4 is 16.1 Å². The molecule has 58 heavy (non-hydrogen) atoms. The van der Waals surface area contributed by atoms with Gasteiger partial charge in [0.1, 0.15) is 11.6 Å². The summed E-state index contributed by atoms with van der Waals surface area (Å²) in [6, 6.07) is 9.83. The molecule has 5 aliphatic heterocycles. The third kappa shape index (κ3) is 12.0. The van der Waals surface area contributed by atoms with Crippen molar-refractivity contribution in [2.45, 2.75) is 142 Å². The lowest BCUT2D eigenvalue weighted by molar-refractivity contribution is 0.00578. The van der Waals surface area contributed by atoms with Crippen molar-refractivity contribution in [3.8, 4) is 0 Å². The highest BCUT2D eigenvalue weighted by Crippen LogP contribution is 2.43. The number of rotatable bonds is 10. The molecule has 10 nitrogen and oxygen atoms in total. The first-order valence-corrected chi connectivity index (χ1v) is 21.9. The first-order valence-electron chi connectivity index (χ1n) is 21.1. The van der Waals surface area contributed by atoms with E-state index >= 15 is 0 Å². The summed E-state index contributed by atoms with van der Waals surface area (Å²) in [5.41, 5.74) is 0.0495. The fraction of sp³-hybridized carbons (Fsp3) is 0.714. The van der Waals surface area contributed by atoms with Crippen molar-refractivity contribution in [1.82, 2.24) is 9.80 Å². The summed E-state index contributed by atoms with van der Waals surface area (Å²) in [6.45, 7) is 32.7. The van der Waals surface area contributed by atoms with E-state index < -0.39 is 32.3 Å². The topological polar surface area (TPSA) is 85.9 Å². The van der Waals surface area contributed by atoms with Crippen molar-refractivity contribution >= 4 is 53.9 Å². The van der Waals surface area contributed by atoms with Crippen molar-refractivity contribution in [3.05, 3.63) is 52.5 Å². The molecule has 2 aromatic rings. The molecule has 7 rings (SSSR count). The number of hydrogen-bond acceptors (Lipinski definition) is 10. The van der Waals surface area contributed by atoms with E-state index in [4.69, 9.17) is 27.9 Å². The average Bonchev–Trinajstić information content (AvgIpc) is 3.91. The molecule has 322 valence electrons. The molecular formula is C42H68B3BrF2N4O6. The second-order valence-electron chi connectivity index (χ2n) is 19.2. The Kier molecular flexibility index (Phi) is 15.3. The molecule has 5 saturated heterocycles. The Morgan fingerprint density at radius 3 is 1.24 bits per heavy atom. The molecule has 5 heterocycles. The van der Waals surface area contributed by atoms with Crippen LogP contribution in [0.15, 0.2) is 40.9 Å². The first kappa shape index (κ1) is 47.3. The molecule has 5 fully saturated rings. The zero-order chi connectivity index (χ0) is 42.7. The minimum Gasteiger partial charge on any atom is -0.405 e. The summed E-state index contributed by atoms with van der Waals surface area (Å²) in [4.78, 5) is 4.86. The number of likely N-dealkylation sites (tertiary alicyclic amines) is 2. The fourth-order valence-corrected chi connectivity index (χ4v) is 7.68. The standard InChI is InChI=1S/C18H28BFN2O2.C12H24B2O4.C12H16BrFN2/c1-17(2)18(3,4)24-19(23-17)14-11-15(20)13-16(12-14)21-7-10-22-8-5-6-9-22;1-9(2)10(3,4)16-13(15-9)14-17-11(5,6)12(7,8)18-14;13-10-7-11(14)9-12(8-10)15-3-6-16-4-1-2-5-16/h11-13,21H,5-10H2,1-4H3;1-8H3;7-9,15H,1-6H2. The highest BCUT2D eigenvalue weighted by Gasteiger charge is 2.63. The second kappa shape index (κ2) is 18.7. The molecule has 0 bridgehead atoms. The van der Waals surface area contributed by atoms with E-state index in [1.807, 2.05) is 95.2 Å². The molecule has 0 aliphatic carbocycles. The van der Waals surface area contributed by atoms with E-state index in [0.717, 1.165) is 47.5 Å². The van der Waals surface area contributed by atoms with Crippen LogP contribution in [-0.2, 0) is 27.9 Å². The molecule has 16 heteroatoms. The van der Waals surface area contributed by atoms with Gasteiger partial charge in [-0.25, -0.2) is 8.78 Å². The molecular weight excluding hydrogens is 807 g/mol. The zero-order valence-corrected chi connectivity index (χ0v) is 38.7. The van der Waals surface area contributed by atoms with E-state index in [2.05, 4.69) is 36.4 Å². The van der Waals surface area contributed by atoms with Crippen LogP contribution in [0, 0.1) is 11.6 Å². The van der Waals surface area contributed by atoms with E-state index in [-0.39, 0.29) is 34.0 Å². The predicted molar refractivity (Wildman–Crippen MR) is 237 cm³/mol. The van der Waals surface area contributed by atoms with Crippen LogP contribution in [0.25, 0.3) is 0 Å². The summed E-state index contributed by atoms with van der Waals surface area (Å²) >= 11 is 3.28. The number of benzene rings is 2. The van der Waals surface area contributed by atoms with Crippen LogP contribution in [0.2, 0.25) is 0 Å². The van der Waals surface area contributed by atoms with Gasteiger partial charge in [0.2, 0.25) is 0 Å². The monoisotopic (exact) mass is 874 g/mol. The Morgan fingerprint density at radius 1 is 0.517 bits per heavy atom. The lowest BCUT2D eigenvalue weighted by Crippen LogP contribution is -2.41. The van der Waals surface area contributed by atoms with E-state index in [0.29, 0.717) is 0 Å². The lowest BCUT2D eigenvalue weighted by atomic mass is 9.49. The van der Waals surface area contributed by atoms with Gasteiger partial charge in [0.15, 0.2) is 0 Å². The predicted octanol–water partition coefficient (Wildman–Crippen LogP) is 7.98. The van der Waals surface area contributed by atoms with Crippen molar-refractivity contribution in [3.63, 3.8) is 0 Å². The van der Waals surface area contributed by atoms with Crippen LogP contribution in [0.1, 0.15) is 109 Å². The van der Waals surface area contributed by atoms with E-state index in [1.54, 1.807) is 0 Å².